The molecule has 2 heterocycles. The number of sulfonamides is 1. The minimum absolute atomic E-state index is 0.342. The maximum absolute atomic E-state index is 12.5. The Kier molecular flexibility index (Phi) is 3.90. The van der Waals surface area contributed by atoms with Gasteiger partial charge in [0.25, 0.3) is 0 Å². The van der Waals surface area contributed by atoms with E-state index in [9.17, 15) is 8.42 Å². The number of imidazole rings is 1. The van der Waals surface area contributed by atoms with Crippen molar-refractivity contribution in [2.24, 2.45) is 0 Å². The van der Waals surface area contributed by atoms with Crippen LogP contribution in [0.15, 0.2) is 47.8 Å². The molecule has 0 spiro atoms. The second-order valence-corrected chi connectivity index (χ2v) is 7.93. The Morgan fingerprint density at radius 1 is 1.08 bits per heavy atom. The van der Waals surface area contributed by atoms with E-state index in [0.717, 1.165) is 24.9 Å². The van der Waals surface area contributed by atoms with Gasteiger partial charge in [0.15, 0.2) is 0 Å². The topological polar surface area (TPSA) is 68.4 Å². The largest absolute Gasteiger partial charge is 0.330 e. The van der Waals surface area contributed by atoms with Gasteiger partial charge in [0.1, 0.15) is 5.65 Å². The first-order valence-corrected chi connectivity index (χ1v) is 9.72. The normalized spacial score (nSPS) is 14.8. The molecule has 0 amide bonds. The molecule has 24 heavy (non-hydrogen) atoms. The molecule has 6 nitrogen and oxygen atoms in total. The SMILES string of the molecule is O=S(=O)(NCCn1ccn2nccc12)c1ccc2c(c1)CCCC2. The number of aryl methyl sites for hydroxylation is 2. The summed E-state index contributed by atoms with van der Waals surface area (Å²) in [5.74, 6) is 0. The standard InChI is InChI=1S/C17H20N4O2S/c22-24(23,16-6-5-14-3-1-2-4-15(14)13-16)19-9-10-20-11-12-21-17(20)7-8-18-21/h5-8,11-13,19H,1-4,9-10H2. The van der Waals surface area contributed by atoms with Crippen LogP contribution in [-0.2, 0) is 29.4 Å². The first-order chi connectivity index (χ1) is 11.6. The van der Waals surface area contributed by atoms with E-state index in [1.165, 1.54) is 17.5 Å². The molecule has 0 saturated heterocycles. The van der Waals surface area contributed by atoms with Crippen LogP contribution in [0.25, 0.3) is 5.65 Å². The maximum Gasteiger partial charge on any atom is 0.240 e. The van der Waals surface area contributed by atoms with Gasteiger partial charge in [0.05, 0.1) is 11.1 Å². The molecule has 2 aromatic heterocycles. The van der Waals surface area contributed by atoms with E-state index in [4.69, 9.17) is 0 Å². The first kappa shape index (κ1) is 15.4. The zero-order valence-electron chi connectivity index (χ0n) is 13.4. The number of hydrogen-bond acceptors (Lipinski definition) is 3. The van der Waals surface area contributed by atoms with E-state index in [2.05, 4.69) is 9.82 Å². The van der Waals surface area contributed by atoms with Crippen molar-refractivity contribution in [3.63, 3.8) is 0 Å². The molecule has 1 N–H and O–H groups in total. The number of aromatic nitrogens is 3. The highest BCUT2D eigenvalue weighted by molar-refractivity contribution is 7.89. The molecule has 0 bridgehead atoms. The number of nitrogens with one attached hydrogen (secondary N) is 1. The average Bonchev–Trinajstić information content (AvgIpc) is 3.19. The minimum atomic E-state index is -3.47. The van der Waals surface area contributed by atoms with Crippen LogP contribution in [0.3, 0.4) is 0 Å². The summed E-state index contributed by atoms with van der Waals surface area (Å²) in [6.07, 6.45) is 9.83. The van der Waals surface area contributed by atoms with Crippen LogP contribution < -0.4 is 4.72 Å². The fourth-order valence-corrected chi connectivity index (χ4v) is 4.39. The van der Waals surface area contributed by atoms with Gasteiger partial charge in [-0.25, -0.2) is 17.7 Å². The summed E-state index contributed by atoms with van der Waals surface area (Å²) in [4.78, 5) is 0.366. The second kappa shape index (κ2) is 6.07. The molecular formula is C17H20N4O2S. The lowest BCUT2D eigenvalue weighted by Gasteiger charge is -2.16. The molecule has 0 fully saturated rings. The van der Waals surface area contributed by atoms with Gasteiger partial charge in [-0.1, -0.05) is 6.07 Å². The Labute approximate surface area is 141 Å². The Morgan fingerprint density at radius 2 is 1.92 bits per heavy atom. The van der Waals surface area contributed by atoms with E-state index in [0.29, 0.717) is 18.0 Å². The second-order valence-electron chi connectivity index (χ2n) is 6.16. The maximum atomic E-state index is 12.5. The molecule has 1 aliphatic carbocycles. The van der Waals surface area contributed by atoms with Gasteiger partial charge in [-0.15, -0.1) is 0 Å². The molecule has 3 aromatic rings. The van der Waals surface area contributed by atoms with E-state index >= 15 is 0 Å². The fourth-order valence-electron chi connectivity index (χ4n) is 3.32. The summed E-state index contributed by atoms with van der Waals surface area (Å²) in [5, 5.41) is 4.14. The highest BCUT2D eigenvalue weighted by atomic mass is 32.2. The van der Waals surface area contributed by atoms with Crippen molar-refractivity contribution in [2.45, 2.75) is 37.1 Å². The zero-order chi connectivity index (χ0) is 16.6. The molecule has 0 unspecified atom stereocenters. The van der Waals surface area contributed by atoms with E-state index in [-0.39, 0.29) is 0 Å². The predicted molar refractivity (Wildman–Crippen MR) is 91.5 cm³/mol. The van der Waals surface area contributed by atoms with Crippen LogP contribution in [0.4, 0.5) is 0 Å². The number of nitrogens with zero attached hydrogens (tertiary/aromatic N) is 3. The van der Waals surface area contributed by atoms with Crippen molar-refractivity contribution in [1.82, 2.24) is 18.9 Å². The van der Waals surface area contributed by atoms with Crippen LogP contribution >= 0.6 is 0 Å². The summed E-state index contributed by atoms with van der Waals surface area (Å²) in [5.41, 5.74) is 3.41. The fraction of sp³-hybridized carbons (Fsp3) is 0.353. The number of hydrogen-bond donors (Lipinski definition) is 1. The minimum Gasteiger partial charge on any atom is -0.330 e. The Balaban J connectivity index is 1.46. The molecule has 4 rings (SSSR count). The van der Waals surface area contributed by atoms with Gasteiger partial charge < -0.3 is 4.57 Å². The van der Waals surface area contributed by atoms with Crippen LogP contribution in [0.5, 0.6) is 0 Å². The molecule has 0 atom stereocenters. The summed E-state index contributed by atoms with van der Waals surface area (Å²) in [6.45, 7) is 0.904. The zero-order valence-corrected chi connectivity index (χ0v) is 14.2. The van der Waals surface area contributed by atoms with E-state index in [1.54, 1.807) is 16.8 Å². The summed E-state index contributed by atoms with van der Waals surface area (Å²) in [7, 11) is -3.47. The summed E-state index contributed by atoms with van der Waals surface area (Å²) in [6, 6.07) is 7.42. The van der Waals surface area contributed by atoms with Gasteiger partial charge in [0.2, 0.25) is 10.0 Å². The van der Waals surface area contributed by atoms with Gasteiger partial charge in [-0.3, -0.25) is 0 Å². The third-order valence-electron chi connectivity index (χ3n) is 4.61. The number of benzene rings is 1. The first-order valence-electron chi connectivity index (χ1n) is 8.23. The van der Waals surface area contributed by atoms with Gasteiger partial charge in [0, 0.05) is 31.5 Å². The van der Waals surface area contributed by atoms with Crippen molar-refractivity contribution in [3.05, 3.63) is 54.0 Å². The molecule has 1 aliphatic rings. The Bertz CT molecular complexity index is 972. The molecule has 0 saturated carbocycles. The van der Waals surface area contributed by atoms with Crippen molar-refractivity contribution in [2.75, 3.05) is 6.54 Å². The highest BCUT2D eigenvalue weighted by Gasteiger charge is 2.17. The highest BCUT2D eigenvalue weighted by Crippen LogP contribution is 2.24. The van der Waals surface area contributed by atoms with Gasteiger partial charge in [-0.05, 0) is 48.9 Å². The van der Waals surface area contributed by atoms with Crippen LogP contribution in [0.1, 0.15) is 24.0 Å². The Hall–Kier alpha value is -2.12. The Morgan fingerprint density at radius 3 is 2.79 bits per heavy atom. The van der Waals surface area contributed by atoms with E-state index < -0.39 is 10.0 Å². The predicted octanol–water partition coefficient (Wildman–Crippen LogP) is 1.99. The average molecular weight is 344 g/mol. The number of rotatable bonds is 5. The smallest absolute Gasteiger partial charge is 0.240 e. The van der Waals surface area contributed by atoms with Crippen molar-refractivity contribution in [3.8, 4) is 0 Å². The monoisotopic (exact) mass is 344 g/mol. The van der Waals surface area contributed by atoms with Crippen LogP contribution in [0.2, 0.25) is 0 Å². The van der Waals surface area contributed by atoms with Crippen molar-refractivity contribution in [1.29, 1.82) is 0 Å². The van der Waals surface area contributed by atoms with Crippen LogP contribution in [-0.4, -0.2) is 29.1 Å². The lowest BCUT2D eigenvalue weighted by Crippen LogP contribution is -2.27. The van der Waals surface area contributed by atoms with E-state index in [1.807, 2.05) is 35.2 Å². The third-order valence-corrected chi connectivity index (χ3v) is 6.07. The lowest BCUT2D eigenvalue weighted by atomic mass is 9.92. The third kappa shape index (κ3) is 2.85. The molecular weight excluding hydrogens is 324 g/mol. The molecule has 126 valence electrons. The lowest BCUT2D eigenvalue weighted by molar-refractivity contribution is 0.574. The van der Waals surface area contributed by atoms with Crippen molar-refractivity contribution >= 4 is 15.7 Å². The number of fused-ring (bicyclic) bond motifs is 2. The van der Waals surface area contributed by atoms with Gasteiger partial charge >= 0.3 is 0 Å². The van der Waals surface area contributed by atoms with Crippen molar-refractivity contribution < 1.29 is 8.42 Å². The van der Waals surface area contributed by atoms with Crippen LogP contribution in [0, 0.1) is 0 Å². The molecule has 0 radical (unpaired) electrons. The molecule has 0 aliphatic heterocycles. The molecule has 7 heteroatoms. The van der Waals surface area contributed by atoms with Gasteiger partial charge in [-0.2, -0.15) is 5.10 Å². The molecule has 1 aromatic carbocycles. The summed E-state index contributed by atoms with van der Waals surface area (Å²) < 4.78 is 31.5. The summed E-state index contributed by atoms with van der Waals surface area (Å²) >= 11 is 0. The quantitative estimate of drug-likeness (QED) is 0.770.